The summed E-state index contributed by atoms with van der Waals surface area (Å²) >= 11 is 0. The Morgan fingerprint density at radius 3 is 2.04 bits per heavy atom. The normalized spacial score (nSPS) is 16.4. The molecule has 0 amide bonds. The fraction of sp³-hybridized carbons (Fsp3) is 0.905. The largest absolute Gasteiger partial charge is 0.460 e. The van der Waals surface area contributed by atoms with Gasteiger partial charge in [0.25, 0.3) is 0 Å². The average Bonchev–Trinajstić information content (AvgIpc) is 2.61. The minimum atomic E-state index is -0.784. The molecule has 1 aliphatic carbocycles. The Kier molecular flexibility index (Phi) is 12.4. The Bertz CT molecular complexity index is 361. The molecule has 1 saturated carbocycles. The molecule has 0 spiro atoms. The van der Waals surface area contributed by atoms with Gasteiger partial charge in [0.05, 0.1) is 0 Å². The summed E-state index contributed by atoms with van der Waals surface area (Å²) in [4.78, 5) is 23.8. The molecular formula is C21H38O4. The van der Waals surface area contributed by atoms with Crippen LogP contribution in [0.4, 0.5) is 0 Å². The summed E-state index contributed by atoms with van der Waals surface area (Å²) in [5, 5.41) is 0. The molecule has 146 valence electrons. The van der Waals surface area contributed by atoms with E-state index in [0.29, 0.717) is 6.42 Å². The lowest BCUT2D eigenvalue weighted by molar-refractivity contribution is -0.171. The fourth-order valence-electron chi connectivity index (χ4n) is 3.33. The first kappa shape index (κ1) is 22.0. The van der Waals surface area contributed by atoms with E-state index in [2.05, 4.69) is 6.92 Å². The quantitative estimate of drug-likeness (QED) is 0.314. The van der Waals surface area contributed by atoms with Gasteiger partial charge in [0, 0.05) is 6.42 Å². The van der Waals surface area contributed by atoms with Crippen LogP contribution in [0, 0.1) is 0 Å². The Hall–Kier alpha value is -1.06. The van der Waals surface area contributed by atoms with E-state index in [1.54, 1.807) is 6.92 Å². The van der Waals surface area contributed by atoms with E-state index in [1.807, 2.05) is 0 Å². The predicted octanol–water partition coefficient (Wildman–Crippen LogP) is 5.71. The van der Waals surface area contributed by atoms with Crippen molar-refractivity contribution >= 4 is 11.9 Å². The van der Waals surface area contributed by atoms with Crippen LogP contribution in [0.15, 0.2) is 0 Å². The van der Waals surface area contributed by atoms with Crippen LogP contribution < -0.4 is 0 Å². The zero-order valence-electron chi connectivity index (χ0n) is 16.4. The first-order valence-electron chi connectivity index (χ1n) is 10.5. The molecule has 4 heteroatoms. The number of hydrogen-bond donors (Lipinski definition) is 0. The average molecular weight is 355 g/mol. The first-order valence-corrected chi connectivity index (χ1v) is 10.5. The van der Waals surface area contributed by atoms with Crippen molar-refractivity contribution in [1.82, 2.24) is 0 Å². The standard InChI is InChI=1S/C21H38O4/c1-3-4-5-6-7-8-9-10-14-17-20(22)24-18(2)21(23)25-19-15-12-11-13-16-19/h18-19H,3-17H2,1-2H3. The molecule has 0 radical (unpaired) electrons. The van der Waals surface area contributed by atoms with Gasteiger partial charge in [-0.2, -0.15) is 0 Å². The van der Waals surface area contributed by atoms with E-state index in [0.717, 1.165) is 38.5 Å². The molecule has 1 rings (SSSR count). The summed E-state index contributed by atoms with van der Waals surface area (Å²) in [6.45, 7) is 3.84. The van der Waals surface area contributed by atoms with Gasteiger partial charge in [-0.1, -0.05) is 64.7 Å². The summed E-state index contributed by atoms with van der Waals surface area (Å²) in [7, 11) is 0. The Labute approximate surface area is 154 Å². The van der Waals surface area contributed by atoms with Gasteiger partial charge in [-0.3, -0.25) is 4.79 Å². The van der Waals surface area contributed by atoms with Crippen molar-refractivity contribution in [2.45, 2.75) is 122 Å². The SMILES string of the molecule is CCCCCCCCCCCC(=O)OC(C)C(=O)OC1CCCCC1. The van der Waals surface area contributed by atoms with Crippen LogP contribution in [0.2, 0.25) is 0 Å². The van der Waals surface area contributed by atoms with Crippen molar-refractivity contribution < 1.29 is 19.1 Å². The van der Waals surface area contributed by atoms with Crippen molar-refractivity contribution in [3.8, 4) is 0 Å². The summed E-state index contributed by atoms with van der Waals surface area (Å²) in [6.07, 6.45) is 15.9. The van der Waals surface area contributed by atoms with E-state index in [4.69, 9.17) is 9.47 Å². The van der Waals surface area contributed by atoms with E-state index in [1.165, 1.54) is 51.4 Å². The zero-order valence-corrected chi connectivity index (χ0v) is 16.4. The van der Waals surface area contributed by atoms with Crippen molar-refractivity contribution in [1.29, 1.82) is 0 Å². The zero-order chi connectivity index (χ0) is 18.3. The third-order valence-electron chi connectivity index (χ3n) is 4.96. The minimum absolute atomic E-state index is 0.0136. The smallest absolute Gasteiger partial charge is 0.347 e. The Morgan fingerprint density at radius 1 is 0.880 bits per heavy atom. The molecule has 1 fully saturated rings. The topological polar surface area (TPSA) is 52.6 Å². The maximum absolute atomic E-state index is 12.0. The highest BCUT2D eigenvalue weighted by Crippen LogP contribution is 2.21. The summed E-state index contributed by atoms with van der Waals surface area (Å²) in [5.41, 5.74) is 0. The number of ether oxygens (including phenoxy) is 2. The molecule has 0 aromatic rings. The van der Waals surface area contributed by atoms with Gasteiger partial charge >= 0.3 is 11.9 Å². The second-order valence-corrected chi connectivity index (χ2v) is 7.41. The molecular weight excluding hydrogens is 316 g/mol. The number of rotatable bonds is 13. The molecule has 1 unspecified atom stereocenters. The summed E-state index contributed by atoms with van der Waals surface area (Å²) in [6, 6.07) is 0. The van der Waals surface area contributed by atoms with Gasteiger partial charge in [0.1, 0.15) is 6.10 Å². The van der Waals surface area contributed by atoms with Gasteiger partial charge in [-0.15, -0.1) is 0 Å². The third-order valence-corrected chi connectivity index (χ3v) is 4.96. The summed E-state index contributed by atoms with van der Waals surface area (Å²) < 4.78 is 10.6. The molecule has 1 aliphatic rings. The van der Waals surface area contributed by atoms with Gasteiger partial charge in [-0.25, -0.2) is 4.79 Å². The van der Waals surface area contributed by atoms with E-state index >= 15 is 0 Å². The van der Waals surface area contributed by atoms with E-state index in [-0.39, 0.29) is 12.1 Å². The monoisotopic (exact) mass is 354 g/mol. The number of esters is 2. The van der Waals surface area contributed by atoms with Crippen LogP contribution in [0.1, 0.15) is 110 Å². The molecule has 0 N–H and O–H groups in total. The maximum atomic E-state index is 12.0. The van der Waals surface area contributed by atoms with Crippen molar-refractivity contribution in [2.24, 2.45) is 0 Å². The molecule has 0 saturated heterocycles. The molecule has 0 aromatic heterocycles. The lowest BCUT2D eigenvalue weighted by atomic mass is 9.98. The second kappa shape index (κ2) is 14.1. The third kappa shape index (κ3) is 11.2. The minimum Gasteiger partial charge on any atom is -0.460 e. The highest BCUT2D eigenvalue weighted by Gasteiger charge is 2.24. The van der Waals surface area contributed by atoms with Crippen LogP contribution in [0.3, 0.4) is 0 Å². The molecule has 0 aromatic carbocycles. The van der Waals surface area contributed by atoms with Crippen molar-refractivity contribution in [3.63, 3.8) is 0 Å². The first-order chi connectivity index (χ1) is 12.1. The number of carbonyl (C=O) groups is 2. The highest BCUT2D eigenvalue weighted by molar-refractivity contribution is 5.79. The van der Waals surface area contributed by atoms with Crippen LogP contribution in [0.5, 0.6) is 0 Å². The molecule has 25 heavy (non-hydrogen) atoms. The van der Waals surface area contributed by atoms with Crippen LogP contribution in [-0.2, 0) is 19.1 Å². The lowest BCUT2D eigenvalue weighted by Crippen LogP contribution is -2.30. The van der Waals surface area contributed by atoms with Crippen LogP contribution in [0.25, 0.3) is 0 Å². The molecule has 0 bridgehead atoms. The summed E-state index contributed by atoms with van der Waals surface area (Å²) in [5.74, 6) is -0.677. The predicted molar refractivity (Wildman–Crippen MR) is 100 cm³/mol. The Balaban J connectivity index is 2.00. The van der Waals surface area contributed by atoms with Gasteiger partial charge in [0.15, 0.2) is 6.10 Å². The van der Waals surface area contributed by atoms with Gasteiger partial charge < -0.3 is 9.47 Å². The second-order valence-electron chi connectivity index (χ2n) is 7.41. The number of carbonyl (C=O) groups excluding carboxylic acids is 2. The molecule has 0 aliphatic heterocycles. The van der Waals surface area contributed by atoms with E-state index < -0.39 is 12.1 Å². The number of hydrogen-bond acceptors (Lipinski definition) is 4. The lowest BCUT2D eigenvalue weighted by Gasteiger charge is -2.23. The fourth-order valence-corrected chi connectivity index (χ4v) is 3.33. The van der Waals surface area contributed by atoms with Crippen LogP contribution >= 0.6 is 0 Å². The highest BCUT2D eigenvalue weighted by atomic mass is 16.6. The maximum Gasteiger partial charge on any atom is 0.347 e. The van der Waals surface area contributed by atoms with Crippen molar-refractivity contribution in [3.05, 3.63) is 0 Å². The van der Waals surface area contributed by atoms with Gasteiger partial charge in [-0.05, 0) is 39.0 Å². The van der Waals surface area contributed by atoms with Crippen LogP contribution in [-0.4, -0.2) is 24.1 Å². The molecule has 4 nitrogen and oxygen atoms in total. The van der Waals surface area contributed by atoms with Gasteiger partial charge in [0.2, 0.25) is 0 Å². The number of unbranched alkanes of at least 4 members (excludes halogenated alkanes) is 8. The molecule has 0 heterocycles. The molecule has 1 atom stereocenters. The van der Waals surface area contributed by atoms with Crippen molar-refractivity contribution in [2.75, 3.05) is 0 Å². The Morgan fingerprint density at radius 2 is 1.44 bits per heavy atom. The van der Waals surface area contributed by atoms with E-state index in [9.17, 15) is 9.59 Å².